The summed E-state index contributed by atoms with van der Waals surface area (Å²) in [6.45, 7) is 0. The molecule has 0 unspecified atom stereocenters. The number of aromatic nitrogens is 3. The molecule has 0 fully saturated rings. The van der Waals surface area contributed by atoms with E-state index in [9.17, 15) is 14.4 Å². The van der Waals surface area contributed by atoms with Crippen LogP contribution in [0.3, 0.4) is 0 Å². The van der Waals surface area contributed by atoms with Crippen LogP contribution in [0.15, 0.2) is 40.8 Å². The van der Waals surface area contributed by atoms with Gasteiger partial charge >= 0.3 is 0 Å². The molecule has 116 valence electrons. The monoisotopic (exact) mass is 329 g/mol. The van der Waals surface area contributed by atoms with Gasteiger partial charge < -0.3 is 15.7 Å². The predicted molar refractivity (Wildman–Crippen MR) is 85.4 cm³/mol. The maximum atomic E-state index is 12.0. The van der Waals surface area contributed by atoms with Crippen molar-refractivity contribution in [2.24, 2.45) is 5.73 Å². The van der Waals surface area contributed by atoms with Crippen LogP contribution in [0.4, 0.5) is 5.13 Å². The number of amides is 2. The lowest BCUT2D eigenvalue weighted by atomic mass is 10.2. The van der Waals surface area contributed by atoms with E-state index in [0.717, 1.165) is 0 Å². The number of primary amides is 1. The first-order valence-corrected chi connectivity index (χ1v) is 7.36. The number of nitrogens with one attached hydrogen (secondary N) is 3. The van der Waals surface area contributed by atoms with Crippen LogP contribution >= 0.6 is 11.3 Å². The molecular weight excluding hydrogens is 318 g/mol. The number of hydrogen-bond donors (Lipinski definition) is 4. The van der Waals surface area contributed by atoms with Crippen LogP contribution in [0.1, 0.15) is 20.8 Å². The zero-order chi connectivity index (χ0) is 16.4. The fourth-order valence-corrected chi connectivity index (χ4v) is 2.63. The molecule has 3 aromatic heterocycles. The number of carbonyl (C=O) groups is 2. The number of aromatic amines is 2. The van der Waals surface area contributed by atoms with Gasteiger partial charge in [-0.3, -0.25) is 19.7 Å². The summed E-state index contributed by atoms with van der Waals surface area (Å²) in [4.78, 5) is 44.1. The fraction of sp³-hybridized carbons (Fsp3) is 0. The molecule has 0 saturated heterocycles. The summed E-state index contributed by atoms with van der Waals surface area (Å²) in [5, 5.41) is 4.63. The lowest BCUT2D eigenvalue weighted by Crippen LogP contribution is -2.22. The number of anilines is 1. The summed E-state index contributed by atoms with van der Waals surface area (Å²) in [5.74, 6) is -1.11. The second-order valence-corrected chi connectivity index (χ2v) is 5.43. The molecule has 0 aliphatic rings. The smallest absolute Gasteiger partial charge is 0.265 e. The summed E-state index contributed by atoms with van der Waals surface area (Å²) in [7, 11) is 0. The van der Waals surface area contributed by atoms with Gasteiger partial charge in [0.25, 0.3) is 17.4 Å². The van der Waals surface area contributed by atoms with Crippen LogP contribution in [-0.4, -0.2) is 26.8 Å². The van der Waals surface area contributed by atoms with Crippen molar-refractivity contribution in [1.82, 2.24) is 15.0 Å². The Morgan fingerprint density at radius 1 is 1.30 bits per heavy atom. The van der Waals surface area contributed by atoms with E-state index in [4.69, 9.17) is 5.73 Å². The molecule has 2 amide bonds. The van der Waals surface area contributed by atoms with Gasteiger partial charge in [0.1, 0.15) is 11.3 Å². The Balaban J connectivity index is 1.79. The van der Waals surface area contributed by atoms with Crippen molar-refractivity contribution >= 4 is 28.3 Å². The van der Waals surface area contributed by atoms with Gasteiger partial charge in [0.2, 0.25) is 0 Å². The molecule has 0 aromatic carbocycles. The average molecular weight is 329 g/mol. The molecule has 3 heterocycles. The van der Waals surface area contributed by atoms with Crippen molar-refractivity contribution in [3.8, 4) is 11.3 Å². The minimum absolute atomic E-state index is 0.00177. The van der Waals surface area contributed by atoms with Crippen molar-refractivity contribution in [2.45, 2.75) is 0 Å². The quantitative estimate of drug-likeness (QED) is 0.571. The van der Waals surface area contributed by atoms with E-state index in [2.05, 4.69) is 20.3 Å². The highest BCUT2D eigenvalue weighted by atomic mass is 32.1. The second kappa shape index (κ2) is 5.89. The highest BCUT2D eigenvalue weighted by Crippen LogP contribution is 2.25. The first-order valence-electron chi connectivity index (χ1n) is 6.48. The van der Waals surface area contributed by atoms with E-state index >= 15 is 0 Å². The summed E-state index contributed by atoms with van der Waals surface area (Å²) in [6, 6.07) is 4.56. The first-order chi connectivity index (χ1) is 11.0. The minimum Gasteiger partial charge on any atom is -0.364 e. The number of pyridine rings is 1. The Hall–Kier alpha value is -3.20. The van der Waals surface area contributed by atoms with Crippen molar-refractivity contribution in [3.05, 3.63) is 57.6 Å². The third kappa shape index (κ3) is 3.04. The van der Waals surface area contributed by atoms with Gasteiger partial charge in [-0.15, -0.1) is 11.3 Å². The minimum atomic E-state index is -0.566. The van der Waals surface area contributed by atoms with Crippen LogP contribution < -0.4 is 16.6 Å². The van der Waals surface area contributed by atoms with Crippen LogP contribution in [-0.2, 0) is 0 Å². The van der Waals surface area contributed by atoms with Gasteiger partial charge in [0.05, 0.1) is 5.69 Å². The molecule has 0 saturated carbocycles. The van der Waals surface area contributed by atoms with Crippen molar-refractivity contribution in [3.63, 3.8) is 0 Å². The summed E-state index contributed by atoms with van der Waals surface area (Å²) < 4.78 is 0. The maximum Gasteiger partial charge on any atom is 0.265 e. The molecule has 23 heavy (non-hydrogen) atoms. The van der Waals surface area contributed by atoms with E-state index < -0.39 is 17.4 Å². The van der Waals surface area contributed by atoms with Crippen molar-refractivity contribution in [2.75, 3.05) is 5.32 Å². The van der Waals surface area contributed by atoms with Gasteiger partial charge in [-0.1, -0.05) is 0 Å². The van der Waals surface area contributed by atoms with Gasteiger partial charge in [-0.05, 0) is 18.2 Å². The fourth-order valence-electron chi connectivity index (χ4n) is 1.91. The van der Waals surface area contributed by atoms with Gasteiger partial charge in [0, 0.05) is 23.3 Å². The normalized spacial score (nSPS) is 10.4. The SMILES string of the molecule is NC(=O)c1cc(-c2csc(NC(=O)c3ccc[nH]c3=O)n2)c[nH]1. The molecule has 9 heteroatoms. The largest absolute Gasteiger partial charge is 0.364 e. The lowest BCUT2D eigenvalue weighted by Gasteiger charge is -1.99. The Morgan fingerprint density at radius 2 is 2.13 bits per heavy atom. The zero-order valence-corrected chi connectivity index (χ0v) is 12.4. The molecule has 3 aromatic rings. The first kappa shape index (κ1) is 14.7. The van der Waals surface area contributed by atoms with Gasteiger partial charge in [0.15, 0.2) is 5.13 Å². The molecule has 0 aliphatic carbocycles. The van der Waals surface area contributed by atoms with Crippen LogP contribution in [0.25, 0.3) is 11.3 Å². The Labute approximate surface area is 133 Å². The summed E-state index contributed by atoms with van der Waals surface area (Å²) in [5.41, 5.74) is 6.23. The predicted octanol–water partition coefficient (Wildman–Crippen LogP) is 1.18. The molecule has 3 rings (SSSR count). The molecule has 0 atom stereocenters. The average Bonchev–Trinajstić information content (AvgIpc) is 3.16. The number of thiazole rings is 1. The van der Waals surface area contributed by atoms with Gasteiger partial charge in [-0.2, -0.15) is 0 Å². The van der Waals surface area contributed by atoms with Crippen LogP contribution in [0.2, 0.25) is 0 Å². The highest BCUT2D eigenvalue weighted by Gasteiger charge is 2.13. The number of hydrogen-bond acceptors (Lipinski definition) is 5. The van der Waals surface area contributed by atoms with Crippen LogP contribution in [0.5, 0.6) is 0 Å². The number of nitrogens with two attached hydrogens (primary N) is 1. The van der Waals surface area contributed by atoms with E-state index in [1.165, 1.54) is 23.6 Å². The highest BCUT2D eigenvalue weighted by molar-refractivity contribution is 7.14. The Kier molecular flexibility index (Phi) is 3.77. The van der Waals surface area contributed by atoms with Crippen molar-refractivity contribution in [1.29, 1.82) is 0 Å². The van der Waals surface area contributed by atoms with E-state index in [-0.39, 0.29) is 11.3 Å². The molecule has 0 aliphatic heterocycles. The van der Waals surface area contributed by atoms with E-state index in [1.54, 1.807) is 23.7 Å². The third-order valence-electron chi connectivity index (χ3n) is 3.03. The van der Waals surface area contributed by atoms with Crippen LogP contribution in [0, 0.1) is 0 Å². The summed E-state index contributed by atoms with van der Waals surface area (Å²) >= 11 is 1.21. The van der Waals surface area contributed by atoms with Gasteiger partial charge in [-0.25, -0.2) is 4.98 Å². The molecule has 5 N–H and O–H groups in total. The molecule has 8 nitrogen and oxygen atoms in total. The Morgan fingerprint density at radius 3 is 2.83 bits per heavy atom. The topological polar surface area (TPSA) is 134 Å². The lowest BCUT2D eigenvalue weighted by molar-refractivity contribution is 0.0993. The third-order valence-corrected chi connectivity index (χ3v) is 3.79. The molecule has 0 bridgehead atoms. The summed E-state index contributed by atoms with van der Waals surface area (Å²) in [6.07, 6.45) is 3.05. The number of nitrogens with zero attached hydrogens (tertiary/aromatic N) is 1. The second-order valence-electron chi connectivity index (χ2n) is 4.57. The Bertz CT molecular complexity index is 940. The number of H-pyrrole nitrogens is 2. The standard InChI is InChI=1S/C14H11N5O3S/c15-11(20)9-4-7(5-17-9)10-6-23-14(18-10)19-13(22)8-2-1-3-16-12(8)21/h1-6,17H,(H2,15,20)(H,16,21)(H,18,19,22). The van der Waals surface area contributed by atoms with E-state index in [0.29, 0.717) is 16.4 Å². The zero-order valence-electron chi connectivity index (χ0n) is 11.6. The number of carbonyl (C=O) groups excluding carboxylic acids is 2. The van der Waals surface area contributed by atoms with E-state index in [1.807, 2.05) is 0 Å². The maximum absolute atomic E-state index is 12.0. The number of rotatable bonds is 4. The molecule has 0 radical (unpaired) electrons. The van der Waals surface area contributed by atoms with Crippen molar-refractivity contribution < 1.29 is 9.59 Å². The molecule has 0 spiro atoms. The molecular formula is C14H11N5O3S.